The second-order valence-electron chi connectivity index (χ2n) is 11.6. The van der Waals surface area contributed by atoms with Crippen LogP contribution in [-0.2, 0) is 29.6 Å². The van der Waals surface area contributed by atoms with Crippen molar-refractivity contribution >= 4 is 54.2 Å². The topological polar surface area (TPSA) is 127 Å². The Labute approximate surface area is 252 Å². The number of hydrogen-bond donors (Lipinski definition) is 1. The van der Waals surface area contributed by atoms with Crippen molar-refractivity contribution in [2.75, 3.05) is 52.6 Å². The number of piperidine rings is 1. The molecule has 0 saturated carbocycles. The van der Waals surface area contributed by atoms with Gasteiger partial charge in [0.15, 0.2) is 0 Å². The molecule has 11 nitrogen and oxygen atoms in total. The summed E-state index contributed by atoms with van der Waals surface area (Å²) in [7, 11) is -5.64. The highest BCUT2D eigenvalue weighted by molar-refractivity contribution is 7.89. The maximum absolute atomic E-state index is 13.4. The molecular weight excluding hydrogens is 602 g/mol. The van der Waals surface area contributed by atoms with Gasteiger partial charge in [-0.15, -0.1) is 0 Å². The zero-order chi connectivity index (χ0) is 30.2. The predicted molar refractivity (Wildman–Crippen MR) is 161 cm³/mol. The molecule has 2 amide bonds. The molecule has 3 aliphatic rings. The predicted octanol–water partition coefficient (Wildman–Crippen LogP) is 1.72. The van der Waals surface area contributed by atoms with Gasteiger partial charge in [0.2, 0.25) is 31.9 Å². The lowest BCUT2D eigenvalue weighted by Crippen LogP contribution is -2.55. The molecule has 14 heteroatoms. The summed E-state index contributed by atoms with van der Waals surface area (Å²) in [5, 5.41) is 2.09. The van der Waals surface area contributed by atoms with Crippen molar-refractivity contribution in [1.29, 1.82) is 0 Å². The average molecular weight is 640 g/mol. The summed E-state index contributed by atoms with van der Waals surface area (Å²) in [4.78, 5) is 32.3. The molecule has 2 aromatic carbocycles. The van der Waals surface area contributed by atoms with Crippen LogP contribution in [0, 0.1) is 0 Å². The van der Waals surface area contributed by atoms with Crippen LogP contribution in [0.15, 0.2) is 41.3 Å². The second-order valence-corrected chi connectivity index (χ2v) is 15.8. The summed E-state index contributed by atoms with van der Waals surface area (Å²) in [5.41, 5.74) is 0. The van der Waals surface area contributed by atoms with Gasteiger partial charge in [-0.1, -0.05) is 23.7 Å². The third kappa shape index (κ3) is 6.92. The molecule has 0 bridgehead atoms. The van der Waals surface area contributed by atoms with E-state index in [2.05, 4.69) is 9.62 Å². The number of nitrogens with zero attached hydrogens (tertiary/aromatic N) is 4. The molecule has 3 aliphatic heterocycles. The summed E-state index contributed by atoms with van der Waals surface area (Å²) >= 11 is 6.04. The lowest BCUT2D eigenvalue weighted by molar-refractivity contribution is -0.143. The standard InChI is InChI=1S/C28H38ClN5O6S2/c1-31(41(2,37)38)23-11-14-32(17-23)18-24-5-3-13-34(24)27(35)19-33-12-4-6-26(28(33)36)30-42(39,40)25-10-8-20-15-22(29)9-7-21(20)16-25/h7-10,15-16,23-24,26,30H,3-6,11-14,17-19H2,1-2H3/t23?,24-,26-/m0/s1. The largest absolute Gasteiger partial charge is 0.337 e. The van der Waals surface area contributed by atoms with Crippen LogP contribution in [0.5, 0.6) is 0 Å². The molecule has 0 radical (unpaired) electrons. The zero-order valence-electron chi connectivity index (χ0n) is 23.9. The van der Waals surface area contributed by atoms with Gasteiger partial charge in [0.1, 0.15) is 6.04 Å². The van der Waals surface area contributed by atoms with Crippen molar-refractivity contribution in [3.8, 4) is 0 Å². The maximum Gasteiger partial charge on any atom is 0.242 e. The average Bonchev–Trinajstić information content (AvgIpc) is 3.59. The highest BCUT2D eigenvalue weighted by atomic mass is 35.5. The fraction of sp³-hybridized carbons (Fsp3) is 0.571. The van der Waals surface area contributed by atoms with Gasteiger partial charge in [-0.3, -0.25) is 14.5 Å². The minimum atomic E-state index is -3.98. The van der Waals surface area contributed by atoms with E-state index in [-0.39, 0.29) is 29.4 Å². The normalized spacial score (nSPS) is 24.3. The molecule has 0 spiro atoms. The molecule has 5 rings (SSSR count). The minimum absolute atomic E-state index is 0.00299. The van der Waals surface area contributed by atoms with Gasteiger partial charge < -0.3 is 9.80 Å². The Morgan fingerprint density at radius 1 is 1.00 bits per heavy atom. The highest BCUT2D eigenvalue weighted by Crippen LogP contribution is 2.25. The third-order valence-corrected chi connectivity index (χ3v) is 11.7. The summed E-state index contributed by atoms with van der Waals surface area (Å²) < 4.78 is 54.3. The van der Waals surface area contributed by atoms with Crippen LogP contribution in [0.3, 0.4) is 0 Å². The molecule has 1 N–H and O–H groups in total. The first-order valence-corrected chi connectivity index (χ1v) is 18.0. The molecule has 3 fully saturated rings. The Hall–Kier alpha value is -2.29. The van der Waals surface area contributed by atoms with Gasteiger partial charge in [-0.05, 0) is 73.7 Å². The number of rotatable bonds is 9. The van der Waals surface area contributed by atoms with Crippen molar-refractivity contribution in [2.24, 2.45) is 0 Å². The van der Waals surface area contributed by atoms with E-state index in [1.807, 2.05) is 4.90 Å². The Bertz CT molecular complexity index is 1570. The zero-order valence-corrected chi connectivity index (χ0v) is 26.3. The number of fused-ring (bicyclic) bond motifs is 1. The Balaban J connectivity index is 1.18. The molecule has 42 heavy (non-hydrogen) atoms. The van der Waals surface area contributed by atoms with Gasteiger partial charge in [0.05, 0.1) is 17.7 Å². The number of hydrogen-bond acceptors (Lipinski definition) is 7. The van der Waals surface area contributed by atoms with E-state index in [0.717, 1.165) is 36.6 Å². The minimum Gasteiger partial charge on any atom is -0.337 e. The van der Waals surface area contributed by atoms with Gasteiger partial charge in [0, 0.05) is 50.3 Å². The van der Waals surface area contributed by atoms with Crippen LogP contribution in [0.4, 0.5) is 0 Å². The summed E-state index contributed by atoms with van der Waals surface area (Å²) in [6.45, 7) is 2.96. The molecule has 230 valence electrons. The van der Waals surface area contributed by atoms with E-state index in [9.17, 15) is 26.4 Å². The molecular formula is C28H38ClN5O6S2. The van der Waals surface area contributed by atoms with E-state index in [4.69, 9.17) is 11.6 Å². The van der Waals surface area contributed by atoms with Crippen LogP contribution in [-0.4, -0.2) is 118 Å². The number of carbonyl (C=O) groups excluding carboxylic acids is 2. The fourth-order valence-corrected chi connectivity index (χ4v) is 8.43. The molecule has 0 aromatic heterocycles. The number of likely N-dealkylation sites (tertiary alicyclic amines) is 3. The Morgan fingerprint density at radius 3 is 2.48 bits per heavy atom. The van der Waals surface area contributed by atoms with E-state index in [1.165, 1.54) is 21.5 Å². The number of halogens is 1. The van der Waals surface area contributed by atoms with Gasteiger partial charge >= 0.3 is 0 Å². The number of benzene rings is 2. The Kier molecular flexibility index (Phi) is 9.17. The number of nitrogens with one attached hydrogen (secondary N) is 1. The Morgan fingerprint density at radius 2 is 1.71 bits per heavy atom. The van der Waals surface area contributed by atoms with Crippen molar-refractivity contribution in [2.45, 2.75) is 55.1 Å². The molecule has 0 aliphatic carbocycles. The summed E-state index contributed by atoms with van der Waals surface area (Å²) in [5.74, 6) is -0.542. The van der Waals surface area contributed by atoms with E-state index in [1.54, 1.807) is 37.4 Å². The number of carbonyl (C=O) groups is 2. The van der Waals surface area contributed by atoms with Crippen LogP contribution in [0.25, 0.3) is 10.8 Å². The van der Waals surface area contributed by atoms with Gasteiger partial charge in [-0.2, -0.15) is 4.72 Å². The molecule has 3 saturated heterocycles. The second kappa shape index (κ2) is 12.4. The molecule has 2 aromatic rings. The van der Waals surface area contributed by atoms with Crippen LogP contribution in [0.2, 0.25) is 5.02 Å². The maximum atomic E-state index is 13.4. The lowest BCUT2D eigenvalue weighted by atomic mass is 10.1. The van der Waals surface area contributed by atoms with Crippen molar-refractivity contribution < 1.29 is 26.4 Å². The highest BCUT2D eigenvalue weighted by Gasteiger charge is 2.38. The number of amides is 2. The van der Waals surface area contributed by atoms with Crippen molar-refractivity contribution in [1.82, 2.24) is 23.7 Å². The monoisotopic (exact) mass is 639 g/mol. The molecule has 3 atom stereocenters. The van der Waals surface area contributed by atoms with E-state index >= 15 is 0 Å². The van der Waals surface area contributed by atoms with Gasteiger partial charge in [0.25, 0.3) is 0 Å². The van der Waals surface area contributed by atoms with E-state index in [0.29, 0.717) is 44.0 Å². The quantitative estimate of drug-likeness (QED) is 0.443. The first kappa shape index (κ1) is 31.1. The third-order valence-electron chi connectivity index (χ3n) is 8.69. The van der Waals surface area contributed by atoms with Crippen LogP contribution < -0.4 is 4.72 Å². The van der Waals surface area contributed by atoms with Crippen LogP contribution in [0.1, 0.15) is 32.1 Å². The van der Waals surface area contributed by atoms with Crippen molar-refractivity contribution in [3.63, 3.8) is 0 Å². The lowest BCUT2D eigenvalue weighted by Gasteiger charge is -2.35. The smallest absolute Gasteiger partial charge is 0.242 e. The fourth-order valence-electron chi connectivity index (χ4n) is 6.28. The first-order valence-electron chi connectivity index (χ1n) is 14.3. The summed E-state index contributed by atoms with van der Waals surface area (Å²) in [6, 6.07) is 8.90. The van der Waals surface area contributed by atoms with Crippen LogP contribution >= 0.6 is 11.6 Å². The van der Waals surface area contributed by atoms with Gasteiger partial charge in [-0.25, -0.2) is 21.1 Å². The van der Waals surface area contributed by atoms with Crippen molar-refractivity contribution in [3.05, 3.63) is 41.4 Å². The molecule has 3 heterocycles. The summed E-state index contributed by atoms with van der Waals surface area (Å²) in [6.07, 6.45) is 4.61. The van der Waals surface area contributed by atoms with E-state index < -0.39 is 32.0 Å². The number of sulfonamides is 2. The first-order chi connectivity index (χ1) is 19.8. The molecule has 1 unspecified atom stereocenters. The SMILES string of the molecule is CN(C1CCN(C[C@@H]2CCCN2C(=O)CN2CCC[C@H](NS(=O)(=O)c3ccc4cc(Cl)ccc4c3)C2=O)C1)S(C)(=O)=O. The number of likely N-dealkylation sites (N-methyl/N-ethyl adjacent to an activating group) is 1.